The molecule has 6 heteroatoms. The number of nitrogens with two attached hydrogens (primary N) is 1. The molecule has 0 fully saturated rings. The van der Waals surface area contributed by atoms with Crippen LogP contribution in [0.1, 0.15) is 31.1 Å². The van der Waals surface area contributed by atoms with Gasteiger partial charge in [0, 0.05) is 25.3 Å². The van der Waals surface area contributed by atoms with E-state index in [-0.39, 0.29) is 0 Å². The van der Waals surface area contributed by atoms with Crippen LogP contribution in [0.4, 0.5) is 11.5 Å². The SMILES string of the molecule is CCOC(=O)c1ccnc(NCCN(C)C(C)C)c1N. The van der Waals surface area contributed by atoms with Crippen molar-refractivity contribution >= 4 is 17.5 Å². The lowest BCUT2D eigenvalue weighted by Crippen LogP contribution is -2.31. The molecule has 0 amide bonds. The molecule has 1 aromatic rings. The van der Waals surface area contributed by atoms with Crippen LogP contribution in [0.5, 0.6) is 0 Å². The fraction of sp³-hybridized carbons (Fsp3) is 0.571. The van der Waals surface area contributed by atoms with Gasteiger partial charge in [0.15, 0.2) is 0 Å². The average molecular weight is 280 g/mol. The van der Waals surface area contributed by atoms with Gasteiger partial charge in [-0.25, -0.2) is 9.78 Å². The Balaban J connectivity index is 2.67. The largest absolute Gasteiger partial charge is 0.462 e. The van der Waals surface area contributed by atoms with Crippen LogP contribution in [0.2, 0.25) is 0 Å². The van der Waals surface area contributed by atoms with E-state index < -0.39 is 5.97 Å². The predicted molar refractivity (Wildman–Crippen MR) is 80.9 cm³/mol. The number of rotatable bonds is 7. The van der Waals surface area contributed by atoms with Crippen molar-refractivity contribution in [1.29, 1.82) is 0 Å². The molecular weight excluding hydrogens is 256 g/mol. The molecule has 0 spiro atoms. The number of hydrogen-bond donors (Lipinski definition) is 2. The summed E-state index contributed by atoms with van der Waals surface area (Å²) >= 11 is 0. The van der Waals surface area contributed by atoms with Gasteiger partial charge in [-0.3, -0.25) is 0 Å². The van der Waals surface area contributed by atoms with Gasteiger partial charge in [-0.05, 0) is 33.9 Å². The highest BCUT2D eigenvalue weighted by atomic mass is 16.5. The van der Waals surface area contributed by atoms with Crippen LogP contribution in [-0.4, -0.2) is 48.6 Å². The Morgan fingerprint density at radius 1 is 1.55 bits per heavy atom. The van der Waals surface area contributed by atoms with E-state index in [4.69, 9.17) is 10.5 Å². The lowest BCUT2D eigenvalue weighted by atomic mass is 10.2. The van der Waals surface area contributed by atoms with Crippen molar-refractivity contribution in [3.63, 3.8) is 0 Å². The van der Waals surface area contributed by atoms with Gasteiger partial charge >= 0.3 is 5.97 Å². The standard InChI is InChI=1S/C14H24N4O2/c1-5-20-14(19)11-6-7-16-13(12(11)15)17-8-9-18(4)10(2)3/h6-7,10H,5,8-9,15H2,1-4H3,(H,16,17). The Kier molecular flexibility index (Phi) is 6.24. The summed E-state index contributed by atoms with van der Waals surface area (Å²) in [6.07, 6.45) is 1.55. The topological polar surface area (TPSA) is 80.5 Å². The minimum atomic E-state index is -0.422. The van der Waals surface area contributed by atoms with Gasteiger partial charge in [0.1, 0.15) is 5.82 Å². The second-order valence-electron chi connectivity index (χ2n) is 4.84. The van der Waals surface area contributed by atoms with Crippen molar-refractivity contribution < 1.29 is 9.53 Å². The molecule has 0 saturated carbocycles. The summed E-state index contributed by atoms with van der Waals surface area (Å²) in [5.41, 5.74) is 6.63. The monoisotopic (exact) mass is 280 g/mol. The Morgan fingerprint density at radius 3 is 2.85 bits per heavy atom. The number of hydrogen-bond acceptors (Lipinski definition) is 6. The van der Waals surface area contributed by atoms with Crippen LogP contribution >= 0.6 is 0 Å². The highest BCUT2D eigenvalue weighted by molar-refractivity contribution is 5.97. The summed E-state index contributed by atoms with van der Waals surface area (Å²) in [6.45, 7) is 7.92. The molecule has 0 saturated heterocycles. The highest BCUT2D eigenvalue weighted by Gasteiger charge is 2.14. The van der Waals surface area contributed by atoms with Gasteiger partial charge in [-0.15, -0.1) is 0 Å². The first-order chi connectivity index (χ1) is 9.47. The van der Waals surface area contributed by atoms with Crippen LogP contribution in [0.3, 0.4) is 0 Å². The molecule has 6 nitrogen and oxygen atoms in total. The quantitative estimate of drug-likeness (QED) is 0.738. The fourth-order valence-electron chi connectivity index (χ4n) is 1.61. The number of carbonyl (C=O) groups is 1. The second kappa shape index (κ2) is 7.69. The summed E-state index contributed by atoms with van der Waals surface area (Å²) in [5.74, 6) is 0.0995. The Labute approximate surface area is 120 Å². The molecule has 0 atom stereocenters. The van der Waals surface area contributed by atoms with E-state index in [1.54, 1.807) is 19.2 Å². The molecule has 0 aliphatic heterocycles. The summed E-state index contributed by atoms with van der Waals surface area (Å²) in [4.78, 5) is 18.1. The summed E-state index contributed by atoms with van der Waals surface area (Å²) in [5, 5.41) is 3.15. The van der Waals surface area contributed by atoms with Gasteiger partial charge in [0.05, 0.1) is 17.9 Å². The van der Waals surface area contributed by atoms with E-state index in [0.717, 1.165) is 6.54 Å². The molecular formula is C14H24N4O2. The van der Waals surface area contributed by atoms with E-state index in [1.807, 2.05) is 0 Å². The first-order valence-corrected chi connectivity index (χ1v) is 6.83. The fourth-order valence-corrected chi connectivity index (χ4v) is 1.61. The Hall–Kier alpha value is -1.82. The normalized spacial score (nSPS) is 10.9. The number of nitrogens with zero attached hydrogens (tertiary/aromatic N) is 2. The lowest BCUT2D eigenvalue weighted by molar-refractivity contribution is 0.0527. The number of aromatic nitrogens is 1. The number of pyridine rings is 1. The van der Waals surface area contributed by atoms with E-state index in [2.05, 4.69) is 36.1 Å². The van der Waals surface area contributed by atoms with Gasteiger partial charge in [0.2, 0.25) is 0 Å². The van der Waals surface area contributed by atoms with Gasteiger partial charge in [0.25, 0.3) is 0 Å². The first kappa shape index (κ1) is 16.2. The Bertz CT molecular complexity index is 449. The number of nitrogen functional groups attached to an aromatic ring is 1. The molecule has 3 N–H and O–H groups in total. The molecule has 1 rings (SSSR count). The highest BCUT2D eigenvalue weighted by Crippen LogP contribution is 2.20. The summed E-state index contributed by atoms with van der Waals surface area (Å²) in [7, 11) is 2.05. The maximum Gasteiger partial charge on any atom is 0.340 e. The minimum absolute atomic E-state index is 0.322. The number of nitrogens with one attached hydrogen (secondary N) is 1. The summed E-state index contributed by atoms with van der Waals surface area (Å²) in [6, 6.07) is 2.05. The van der Waals surface area contributed by atoms with Crippen molar-refractivity contribution in [1.82, 2.24) is 9.88 Å². The van der Waals surface area contributed by atoms with Crippen LogP contribution in [-0.2, 0) is 4.74 Å². The zero-order valence-electron chi connectivity index (χ0n) is 12.6. The first-order valence-electron chi connectivity index (χ1n) is 6.83. The maximum atomic E-state index is 11.7. The van der Waals surface area contributed by atoms with Crippen LogP contribution in [0.25, 0.3) is 0 Å². The predicted octanol–water partition coefficient (Wildman–Crippen LogP) is 1.59. The third-order valence-electron chi connectivity index (χ3n) is 3.12. The van der Waals surface area contributed by atoms with Crippen molar-refractivity contribution in [3.05, 3.63) is 17.8 Å². The molecule has 1 heterocycles. The van der Waals surface area contributed by atoms with Gasteiger partial charge in [-0.1, -0.05) is 0 Å². The molecule has 0 aliphatic carbocycles. The number of ether oxygens (including phenoxy) is 1. The molecule has 112 valence electrons. The molecule has 0 aromatic carbocycles. The molecule has 0 bridgehead atoms. The smallest absolute Gasteiger partial charge is 0.340 e. The number of esters is 1. The molecule has 0 radical (unpaired) electrons. The third kappa shape index (κ3) is 4.38. The van der Waals surface area contributed by atoms with Gasteiger partial charge < -0.3 is 20.7 Å². The van der Waals surface area contributed by atoms with Crippen molar-refractivity contribution in [3.8, 4) is 0 Å². The number of likely N-dealkylation sites (N-methyl/N-ethyl adjacent to an activating group) is 1. The van der Waals surface area contributed by atoms with Crippen LogP contribution in [0, 0.1) is 0 Å². The van der Waals surface area contributed by atoms with Crippen molar-refractivity contribution in [2.24, 2.45) is 0 Å². The van der Waals surface area contributed by atoms with E-state index >= 15 is 0 Å². The Morgan fingerprint density at radius 2 is 2.25 bits per heavy atom. The molecule has 0 unspecified atom stereocenters. The van der Waals surface area contributed by atoms with Crippen molar-refractivity contribution in [2.45, 2.75) is 26.8 Å². The van der Waals surface area contributed by atoms with E-state index in [0.29, 0.717) is 36.3 Å². The molecule has 20 heavy (non-hydrogen) atoms. The van der Waals surface area contributed by atoms with Crippen LogP contribution in [0.15, 0.2) is 12.3 Å². The molecule has 0 aliphatic rings. The third-order valence-corrected chi connectivity index (χ3v) is 3.12. The van der Waals surface area contributed by atoms with Crippen molar-refractivity contribution in [2.75, 3.05) is 37.8 Å². The van der Waals surface area contributed by atoms with E-state index in [9.17, 15) is 4.79 Å². The zero-order valence-corrected chi connectivity index (χ0v) is 12.6. The summed E-state index contributed by atoms with van der Waals surface area (Å²) < 4.78 is 4.96. The maximum absolute atomic E-state index is 11.7. The van der Waals surface area contributed by atoms with E-state index in [1.165, 1.54) is 0 Å². The lowest BCUT2D eigenvalue weighted by Gasteiger charge is -2.21. The minimum Gasteiger partial charge on any atom is -0.462 e. The average Bonchev–Trinajstić information content (AvgIpc) is 2.40. The number of anilines is 2. The number of carbonyl (C=O) groups excluding carboxylic acids is 1. The van der Waals surface area contributed by atoms with Crippen LogP contribution < -0.4 is 11.1 Å². The van der Waals surface area contributed by atoms with Gasteiger partial charge in [-0.2, -0.15) is 0 Å². The molecule has 1 aromatic heterocycles. The second-order valence-corrected chi connectivity index (χ2v) is 4.84. The zero-order chi connectivity index (χ0) is 15.1.